The van der Waals surface area contributed by atoms with Gasteiger partial charge in [-0.25, -0.2) is 0 Å². The molecule has 0 bridgehead atoms. The smallest absolute Gasteiger partial charge is 0.416 e. The molecule has 4 nitrogen and oxygen atoms in total. The maximum absolute atomic E-state index is 12.7. The number of carbonyl (C=O) groups is 1. The fraction of sp³-hybridized carbons (Fsp3) is 0.353. The predicted molar refractivity (Wildman–Crippen MR) is 83.3 cm³/mol. The molecule has 1 atom stereocenters. The van der Waals surface area contributed by atoms with Crippen LogP contribution >= 0.6 is 0 Å². The fourth-order valence-corrected chi connectivity index (χ4v) is 2.33. The quantitative estimate of drug-likeness (QED) is 0.878. The Kier molecular flexibility index (Phi) is 5.66. The van der Waals surface area contributed by atoms with E-state index < -0.39 is 11.7 Å². The van der Waals surface area contributed by atoms with E-state index in [1.54, 1.807) is 12.3 Å². The van der Waals surface area contributed by atoms with Gasteiger partial charge in [-0.3, -0.25) is 9.69 Å². The molecule has 0 fully saturated rings. The molecule has 0 aliphatic heterocycles. The average molecular weight is 340 g/mol. The van der Waals surface area contributed by atoms with Crippen molar-refractivity contribution in [2.24, 2.45) is 0 Å². The number of carbonyl (C=O) groups excluding carboxylic acids is 1. The zero-order chi connectivity index (χ0) is 17.7. The van der Waals surface area contributed by atoms with Crippen LogP contribution in [0.4, 0.5) is 13.2 Å². The molecule has 130 valence electrons. The number of alkyl halides is 3. The van der Waals surface area contributed by atoms with E-state index in [1.807, 2.05) is 25.1 Å². The van der Waals surface area contributed by atoms with Gasteiger partial charge in [0.1, 0.15) is 5.76 Å². The Morgan fingerprint density at radius 3 is 2.58 bits per heavy atom. The number of nitrogens with zero attached hydrogens (tertiary/aromatic N) is 1. The molecule has 1 aromatic carbocycles. The van der Waals surface area contributed by atoms with Crippen LogP contribution in [0.3, 0.4) is 0 Å². The topological polar surface area (TPSA) is 45.5 Å². The number of halogens is 3. The summed E-state index contributed by atoms with van der Waals surface area (Å²) in [5.41, 5.74) is -0.434. The van der Waals surface area contributed by atoms with Crippen molar-refractivity contribution in [2.45, 2.75) is 18.6 Å². The minimum atomic E-state index is -4.41. The zero-order valence-corrected chi connectivity index (χ0v) is 13.4. The third kappa shape index (κ3) is 4.86. The highest BCUT2D eigenvalue weighted by atomic mass is 19.4. The van der Waals surface area contributed by atoms with Crippen LogP contribution in [0.15, 0.2) is 47.1 Å². The summed E-state index contributed by atoms with van der Waals surface area (Å²) < 4.78 is 43.4. The van der Waals surface area contributed by atoms with E-state index in [0.29, 0.717) is 17.9 Å². The van der Waals surface area contributed by atoms with Crippen LogP contribution in [-0.4, -0.2) is 31.4 Å². The van der Waals surface area contributed by atoms with Crippen molar-refractivity contribution in [3.05, 3.63) is 59.5 Å². The molecule has 1 aromatic heterocycles. The molecule has 24 heavy (non-hydrogen) atoms. The fourth-order valence-electron chi connectivity index (χ4n) is 2.33. The van der Waals surface area contributed by atoms with Gasteiger partial charge in [-0.15, -0.1) is 0 Å². The minimum Gasteiger partial charge on any atom is -0.468 e. The first kappa shape index (κ1) is 18.1. The summed E-state index contributed by atoms with van der Waals surface area (Å²) >= 11 is 0. The molecule has 0 aliphatic rings. The molecule has 0 spiro atoms. The number of likely N-dealkylation sites (N-methyl/N-ethyl adjacent to an activating group) is 1. The second-order valence-electron chi connectivity index (χ2n) is 5.67. The Labute approximate surface area is 138 Å². The predicted octanol–water partition coefficient (Wildman–Crippen LogP) is 3.26. The molecule has 7 heteroatoms. The number of amides is 1. The van der Waals surface area contributed by atoms with Crippen molar-refractivity contribution in [2.75, 3.05) is 20.6 Å². The molecule has 1 heterocycles. The number of nitrogens with one attached hydrogen (secondary N) is 1. The standard InChI is InChI=1S/C17H19F3N2O2/c1-22(2)14(15-7-4-8-24-15)11-21-16(23)10-12-5-3-6-13(9-12)17(18,19)20/h3-9,14H,10-11H2,1-2H3,(H,21,23)/t14-/m0/s1. The Balaban J connectivity index is 1.96. The summed E-state index contributed by atoms with van der Waals surface area (Å²) in [6.07, 6.45) is -2.97. The summed E-state index contributed by atoms with van der Waals surface area (Å²) in [4.78, 5) is 13.9. The van der Waals surface area contributed by atoms with Gasteiger partial charge in [0.05, 0.1) is 24.3 Å². The molecule has 0 aliphatic carbocycles. The Bertz CT molecular complexity index is 667. The van der Waals surface area contributed by atoms with Crippen LogP contribution in [0.1, 0.15) is 22.9 Å². The van der Waals surface area contributed by atoms with E-state index in [2.05, 4.69) is 5.32 Å². The number of hydrogen-bond donors (Lipinski definition) is 1. The van der Waals surface area contributed by atoms with Crippen molar-refractivity contribution in [1.29, 1.82) is 0 Å². The second-order valence-corrected chi connectivity index (χ2v) is 5.67. The van der Waals surface area contributed by atoms with Crippen molar-refractivity contribution >= 4 is 5.91 Å². The first-order valence-electron chi connectivity index (χ1n) is 7.40. The maximum atomic E-state index is 12.7. The van der Waals surface area contributed by atoms with Crippen molar-refractivity contribution in [3.63, 3.8) is 0 Å². The highest BCUT2D eigenvalue weighted by molar-refractivity contribution is 5.78. The zero-order valence-electron chi connectivity index (χ0n) is 13.4. The van der Waals surface area contributed by atoms with Gasteiger partial charge < -0.3 is 9.73 Å². The number of furan rings is 1. The van der Waals surface area contributed by atoms with E-state index in [1.165, 1.54) is 12.1 Å². The van der Waals surface area contributed by atoms with Crippen LogP contribution in [0, 0.1) is 0 Å². The van der Waals surface area contributed by atoms with Gasteiger partial charge in [-0.05, 0) is 37.9 Å². The summed E-state index contributed by atoms with van der Waals surface area (Å²) in [5.74, 6) is 0.368. The Morgan fingerprint density at radius 2 is 2.00 bits per heavy atom. The largest absolute Gasteiger partial charge is 0.468 e. The molecular weight excluding hydrogens is 321 g/mol. The Hall–Kier alpha value is -2.28. The van der Waals surface area contributed by atoms with E-state index >= 15 is 0 Å². The number of benzene rings is 1. The van der Waals surface area contributed by atoms with E-state index in [9.17, 15) is 18.0 Å². The van der Waals surface area contributed by atoms with Crippen LogP contribution in [0.5, 0.6) is 0 Å². The summed E-state index contributed by atoms with van der Waals surface area (Å²) in [5, 5.41) is 2.74. The summed E-state index contributed by atoms with van der Waals surface area (Å²) in [6.45, 7) is 0.304. The number of hydrogen-bond acceptors (Lipinski definition) is 3. The molecular formula is C17H19F3N2O2. The van der Waals surface area contributed by atoms with Gasteiger partial charge in [-0.2, -0.15) is 13.2 Å². The Morgan fingerprint density at radius 1 is 1.25 bits per heavy atom. The lowest BCUT2D eigenvalue weighted by Crippen LogP contribution is -2.35. The third-order valence-electron chi connectivity index (χ3n) is 3.61. The summed E-state index contributed by atoms with van der Waals surface area (Å²) in [7, 11) is 3.71. The van der Waals surface area contributed by atoms with Crippen LogP contribution in [0.25, 0.3) is 0 Å². The maximum Gasteiger partial charge on any atom is 0.416 e. The molecule has 0 radical (unpaired) electrons. The van der Waals surface area contributed by atoms with Crippen molar-refractivity contribution in [3.8, 4) is 0 Å². The molecule has 2 rings (SSSR count). The summed E-state index contributed by atoms with van der Waals surface area (Å²) in [6, 6.07) is 8.21. The highest BCUT2D eigenvalue weighted by Crippen LogP contribution is 2.29. The van der Waals surface area contributed by atoms with Gasteiger partial charge in [0.15, 0.2) is 0 Å². The normalized spacial score (nSPS) is 13.1. The monoisotopic (exact) mass is 340 g/mol. The van der Waals surface area contributed by atoms with E-state index in [0.717, 1.165) is 12.1 Å². The van der Waals surface area contributed by atoms with E-state index in [-0.39, 0.29) is 18.4 Å². The lowest BCUT2D eigenvalue weighted by atomic mass is 10.1. The van der Waals surface area contributed by atoms with Crippen LogP contribution in [-0.2, 0) is 17.4 Å². The van der Waals surface area contributed by atoms with Crippen molar-refractivity contribution in [1.82, 2.24) is 10.2 Å². The molecule has 0 unspecified atom stereocenters. The molecule has 1 N–H and O–H groups in total. The van der Waals surface area contributed by atoms with Gasteiger partial charge in [0.2, 0.25) is 5.91 Å². The SMILES string of the molecule is CN(C)[C@@H](CNC(=O)Cc1cccc(C(F)(F)F)c1)c1ccco1. The van der Waals surface area contributed by atoms with Crippen molar-refractivity contribution < 1.29 is 22.4 Å². The molecule has 0 saturated heterocycles. The second kappa shape index (κ2) is 7.53. The van der Waals surface area contributed by atoms with E-state index in [4.69, 9.17) is 4.42 Å². The average Bonchev–Trinajstić information content (AvgIpc) is 3.00. The van der Waals surface area contributed by atoms with Crippen LogP contribution in [0.2, 0.25) is 0 Å². The molecule has 2 aromatic rings. The number of rotatable bonds is 6. The van der Waals surface area contributed by atoms with Gasteiger partial charge >= 0.3 is 6.18 Å². The lowest BCUT2D eigenvalue weighted by molar-refractivity contribution is -0.137. The minimum absolute atomic E-state index is 0.109. The first-order chi connectivity index (χ1) is 11.3. The van der Waals surface area contributed by atoms with Gasteiger partial charge in [-0.1, -0.05) is 18.2 Å². The lowest BCUT2D eigenvalue weighted by Gasteiger charge is -2.22. The van der Waals surface area contributed by atoms with Gasteiger partial charge in [0, 0.05) is 6.54 Å². The third-order valence-corrected chi connectivity index (χ3v) is 3.61. The van der Waals surface area contributed by atoms with Crippen LogP contribution < -0.4 is 5.32 Å². The first-order valence-corrected chi connectivity index (χ1v) is 7.40. The molecule has 1 amide bonds. The molecule has 0 saturated carbocycles. The highest BCUT2D eigenvalue weighted by Gasteiger charge is 2.30. The van der Waals surface area contributed by atoms with Gasteiger partial charge in [0.25, 0.3) is 0 Å².